The number of nitrogens with one attached hydrogen (secondary N) is 1. The Bertz CT molecular complexity index is 736. The van der Waals surface area contributed by atoms with Crippen molar-refractivity contribution in [2.24, 2.45) is 0 Å². The summed E-state index contributed by atoms with van der Waals surface area (Å²) in [5.41, 5.74) is 2.78. The summed E-state index contributed by atoms with van der Waals surface area (Å²) >= 11 is 0. The number of ether oxygens (including phenoxy) is 1. The molecule has 1 aliphatic rings. The number of β-amino-alcohol motifs (C(OH)–C–C–N with tert-alkyl or cyclic N) is 1. The van der Waals surface area contributed by atoms with Crippen molar-refractivity contribution in [3.63, 3.8) is 0 Å². The fourth-order valence-corrected chi connectivity index (χ4v) is 2.94. The van der Waals surface area contributed by atoms with Gasteiger partial charge in [-0.2, -0.15) is 5.10 Å². The minimum absolute atomic E-state index is 0. The van der Waals surface area contributed by atoms with Gasteiger partial charge in [0.05, 0.1) is 37.2 Å². The van der Waals surface area contributed by atoms with Crippen LogP contribution >= 0.6 is 12.4 Å². The number of para-hydroxylation sites is 1. The number of carbonyl (C=O) groups excluding carboxylic acids is 1. The molecular formula is C18H25ClN4O3. The molecule has 26 heavy (non-hydrogen) atoms. The Morgan fingerprint density at radius 3 is 2.81 bits per heavy atom. The van der Waals surface area contributed by atoms with E-state index < -0.39 is 6.10 Å². The van der Waals surface area contributed by atoms with Gasteiger partial charge in [-0.15, -0.1) is 12.4 Å². The van der Waals surface area contributed by atoms with E-state index in [1.165, 1.54) is 0 Å². The summed E-state index contributed by atoms with van der Waals surface area (Å²) in [6.45, 7) is 5.37. The van der Waals surface area contributed by atoms with Crippen molar-refractivity contribution in [1.82, 2.24) is 14.7 Å². The van der Waals surface area contributed by atoms with E-state index in [-0.39, 0.29) is 31.6 Å². The van der Waals surface area contributed by atoms with Gasteiger partial charge in [0.1, 0.15) is 5.82 Å². The summed E-state index contributed by atoms with van der Waals surface area (Å²) in [4.78, 5) is 14.3. The van der Waals surface area contributed by atoms with Crippen molar-refractivity contribution in [2.75, 3.05) is 31.6 Å². The van der Waals surface area contributed by atoms with Crippen LogP contribution in [0.3, 0.4) is 0 Å². The average Bonchev–Trinajstić information content (AvgIpc) is 2.79. The van der Waals surface area contributed by atoms with Gasteiger partial charge in [-0.05, 0) is 25.5 Å². The number of hydrogen-bond donors (Lipinski definition) is 2. The van der Waals surface area contributed by atoms with Crippen LogP contribution in [-0.4, -0.2) is 58.2 Å². The van der Waals surface area contributed by atoms with Crippen LogP contribution in [-0.2, 0) is 11.2 Å². The quantitative estimate of drug-likeness (QED) is 0.856. The maximum Gasteiger partial charge on any atom is 0.323 e. The molecule has 2 aromatic rings. The van der Waals surface area contributed by atoms with Gasteiger partial charge in [-0.25, -0.2) is 9.48 Å². The number of benzene rings is 1. The molecule has 0 saturated carbocycles. The number of anilines is 1. The van der Waals surface area contributed by atoms with Gasteiger partial charge >= 0.3 is 6.03 Å². The third-order valence-corrected chi connectivity index (χ3v) is 4.32. The number of carbonyl (C=O) groups is 1. The van der Waals surface area contributed by atoms with E-state index in [4.69, 9.17) is 4.74 Å². The smallest absolute Gasteiger partial charge is 0.323 e. The van der Waals surface area contributed by atoms with Crippen LogP contribution in [0.25, 0.3) is 5.69 Å². The van der Waals surface area contributed by atoms with Crippen LogP contribution in [0.15, 0.2) is 30.3 Å². The van der Waals surface area contributed by atoms with Crippen LogP contribution in [0.5, 0.6) is 0 Å². The second-order valence-corrected chi connectivity index (χ2v) is 6.13. The average molecular weight is 381 g/mol. The zero-order valence-corrected chi connectivity index (χ0v) is 15.8. The van der Waals surface area contributed by atoms with Crippen LogP contribution in [0.4, 0.5) is 10.6 Å². The number of nitrogens with zero attached hydrogens (tertiary/aromatic N) is 3. The summed E-state index contributed by atoms with van der Waals surface area (Å²) in [5, 5.41) is 17.5. The lowest BCUT2D eigenvalue weighted by Crippen LogP contribution is -2.40. The molecule has 3 rings (SSSR count). The first-order chi connectivity index (χ1) is 12.1. The fraction of sp³-hybridized carbons (Fsp3) is 0.444. The third kappa shape index (κ3) is 4.35. The normalized spacial score (nSPS) is 17.3. The highest BCUT2D eigenvalue weighted by Gasteiger charge is 2.23. The number of urea groups is 1. The van der Waals surface area contributed by atoms with E-state index >= 15 is 0 Å². The van der Waals surface area contributed by atoms with E-state index in [0.717, 1.165) is 23.4 Å². The van der Waals surface area contributed by atoms with Gasteiger partial charge in [0.15, 0.2) is 0 Å². The van der Waals surface area contributed by atoms with Crippen LogP contribution < -0.4 is 5.32 Å². The van der Waals surface area contributed by atoms with Crippen LogP contribution in [0, 0.1) is 6.92 Å². The topological polar surface area (TPSA) is 79.6 Å². The maximum absolute atomic E-state index is 12.7. The lowest BCUT2D eigenvalue weighted by atomic mass is 10.2. The van der Waals surface area contributed by atoms with Crippen molar-refractivity contribution in [1.29, 1.82) is 0 Å². The zero-order valence-electron chi connectivity index (χ0n) is 15.0. The molecule has 1 aliphatic heterocycles. The van der Waals surface area contributed by atoms with E-state index in [2.05, 4.69) is 10.4 Å². The first-order valence-corrected chi connectivity index (χ1v) is 8.55. The Balaban J connectivity index is 0.00000243. The highest BCUT2D eigenvalue weighted by Crippen LogP contribution is 2.24. The van der Waals surface area contributed by atoms with Crippen molar-refractivity contribution < 1.29 is 14.6 Å². The molecule has 0 radical (unpaired) electrons. The molecule has 1 unspecified atom stereocenters. The molecule has 2 N–H and O–H groups in total. The second-order valence-electron chi connectivity index (χ2n) is 6.13. The zero-order chi connectivity index (χ0) is 17.8. The maximum atomic E-state index is 12.7. The highest BCUT2D eigenvalue weighted by molar-refractivity contribution is 5.89. The molecule has 142 valence electrons. The van der Waals surface area contributed by atoms with Gasteiger partial charge < -0.3 is 14.7 Å². The number of aryl methyl sites for hydroxylation is 1. The lowest BCUT2D eigenvalue weighted by molar-refractivity contribution is 0.0575. The minimum atomic E-state index is -0.667. The van der Waals surface area contributed by atoms with Crippen LogP contribution in [0.2, 0.25) is 0 Å². The van der Waals surface area contributed by atoms with Gasteiger partial charge in [0.25, 0.3) is 0 Å². The lowest BCUT2D eigenvalue weighted by Gasteiger charge is -2.22. The minimum Gasteiger partial charge on any atom is -0.389 e. The summed E-state index contributed by atoms with van der Waals surface area (Å²) in [5.74, 6) is 0.660. The molecule has 1 fully saturated rings. The molecule has 1 aromatic heterocycles. The van der Waals surface area contributed by atoms with Crippen molar-refractivity contribution >= 4 is 24.3 Å². The predicted octanol–water partition coefficient (Wildman–Crippen LogP) is 2.39. The molecule has 1 atom stereocenters. The van der Waals surface area contributed by atoms with Crippen molar-refractivity contribution in [2.45, 2.75) is 26.4 Å². The molecule has 0 spiro atoms. The Kier molecular flexibility index (Phi) is 7.02. The Labute approximate surface area is 159 Å². The SMILES string of the molecule is CCc1nn(-c2ccccc2)c(NC(=O)N2CCOCC(O)C2)c1C.Cl. The van der Waals surface area contributed by atoms with Crippen LogP contribution in [0.1, 0.15) is 18.2 Å². The molecule has 1 aromatic carbocycles. The molecule has 2 amide bonds. The molecule has 2 heterocycles. The number of hydrogen-bond acceptors (Lipinski definition) is 4. The number of amides is 2. The first-order valence-electron chi connectivity index (χ1n) is 8.55. The number of aliphatic hydroxyl groups is 1. The van der Waals surface area contributed by atoms with E-state index in [1.807, 2.05) is 44.2 Å². The van der Waals surface area contributed by atoms with Gasteiger partial charge in [0.2, 0.25) is 0 Å². The third-order valence-electron chi connectivity index (χ3n) is 4.32. The summed E-state index contributed by atoms with van der Waals surface area (Å²) < 4.78 is 7.05. The highest BCUT2D eigenvalue weighted by atomic mass is 35.5. The Hall–Kier alpha value is -2.09. The molecule has 0 bridgehead atoms. The summed E-state index contributed by atoms with van der Waals surface area (Å²) in [6, 6.07) is 9.46. The van der Waals surface area contributed by atoms with E-state index in [1.54, 1.807) is 9.58 Å². The Morgan fingerprint density at radius 2 is 2.12 bits per heavy atom. The summed E-state index contributed by atoms with van der Waals surface area (Å²) in [6.07, 6.45) is 0.115. The van der Waals surface area contributed by atoms with Gasteiger partial charge in [-0.3, -0.25) is 5.32 Å². The second kappa shape index (κ2) is 9.02. The fourth-order valence-electron chi connectivity index (χ4n) is 2.94. The molecule has 1 saturated heterocycles. The largest absolute Gasteiger partial charge is 0.389 e. The molecule has 7 nitrogen and oxygen atoms in total. The van der Waals surface area contributed by atoms with Crippen molar-refractivity contribution in [3.05, 3.63) is 41.6 Å². The predicted molar refractivity (Wildman–Crippen MR) is 102 cm³/mol. The standard InChI is InChI=1S/C18H24N4O3.ClH/c1-3-16-13(2)17(22(20-16)14-7-5-4-6-8-14)19-18(24)21-9-10-25-12-15(23)11-21;/h4-8,15,23H,3,9-12H2,1-2H3,(H,19,24);1H. The van der Waals surface area contributed by atoms with E-state index in [9.17, 15) is 9.90 Å². The Morgan fingerprint density at radius 1 is 1.38 bits per heavy atom. The summed E-state index contributed by atoms with van der Waals surface area (Å²) in [7, 11) is 0. The van der Waals surface area contributed by atoms with Gasteiger partial charge in [-0.1, -0.05) is 25.1 Å². The number of rotatable bonds is 3. The molecule has 8 heteroatoms. The van der Waals surface area contributed by atoms with Gasteiger partial charge in [0, 0.05) is 12.1 Å². The molecular weight excluding hydrogens is 356 g/mol. The number of halogens is 1. The van der Waals surface area contributed by atoms with E-state index in [0.29, 0.717) is 19.0 Å². The first kappa shape index (κ1) is 20.2. The van der Waals surface area contributed by atoms with Crippen molar-refractivity contribution in [3.8, 4) is 5.69 Å². The monoisotopic (exact) mass is 380 g/mol. The number of aliphatic hydroxyl groups excluding tert-OH is 1. The number of aromatic nitrogens is 2. The molecule has 0 aliphatic carbocycles.